The van der Waals surface area contributed by atoms with Gasteiger partial charge in [-0.25, -0.2) is 0 Å². The highest BCUT2D eigenvalue weighted by Gasteiger charge is 2.26. The van der Waals surface area contributed by atoms with Crippen molar-refractivity contribution in [1.82, 2.24) is 15.5 Å². The molecule has 2 aliphatic rings. The van der Waals surface area contributed by atoms with Gasteiger partial charge in [0, 0.05) is 22.7 Å². The van der Waals surface area contributed by atoms with Crippen LogP contribution in [0.25, 0.3) is 0 Å². The fourth-order valence-corrected chi connectivity index (χ4v) is 5.54. The summed E-state index contributed by atoms with van der Waals surface area (Å²) < 4.78 is 0. The first kappa shape index (κ1) is 19.1. The van der Waals surface area contributed by atoms with Crippen LogP contribution in [0.3, 0.4) is 0 Å². The van der Waals surface area contributed by atoms with Crippen molar-refractivity contribution in [3.63, 3.8) is 0 Å². The molecule has 2 fully saturated rings. The van der Waals surface area contributed by atoms with Crippen LogP contribution in [0.15, 0.2) is 22.5 Å². The van der Waals surface area contributed by atoms with Crippen LogP contribution in [-0.4, -0.2) is 54.6 Å². The minimum Gasteiger partial charge on any atom is -0.357 e. The summed E-state index contributed by atoms with van der Waals surface area (Å²) in [5.74, 6) is 0.995. The third-order valence-corrected chi connectivity index (χ3v) is 7.35. The molecule has 2 heterocycles. The summed E-state index contributed by atoms with van der Waals surface area (Å²) in [5, 5.41) is 10.1. The number of nitrogens with zero attached hydrogens (tertiary/aromatic N) is 2. The van der Waals surface area contributed by atoms with E-state index in [4.69, 9.17) is 4.99 Å². The van der Waals surface area contributed by atoms with E-state index in [2.05, 4.69) is 46.2 Å². The van der Waals surface area contributed by atoms with Crippen LogP contribution in [0.1, 0.15) is 49.9 Å². The van der Waals surface area contributed by atoms with Crippen LogP contribution in [0.2, 0.25) is 0 Å². The number of hydrogen-bond donors (Lipinski definition) is 2. The van der Waals surface area contributed by atoms with E-state index in [1.54, 1.807) is 0 Å². The van der Waals surface area contributed by atoms with Gasteiger partial charge in [-0.3, -0.25) is 9.89 Å². The standard InChI is InChI=1S/C19H32N4S2/c1-3-20-19(22-15-8-9-16(13-15)24-2)21-14-17(18-7-6-12-25-18)23-10-4-5-11-23/h6-7,12,15-17H,3-5,8-11,13-14H2,1-2H3,(H2,20,21,22). The molecule has 2 N–H and O–H groups in total. The lowest BCUT2D eigenvalue weighted by atomic mass is 10.2. The fraction of sp³-hybridized carbons (Fsp3) is 0.737. The molecule has 0 amide bonds. The van der Waals surface area contributed by atoms with E-state index >= 15 is 0 Å². The molecule has 0 spiro atoms. The molecule has 1 aliphatic carbocycles. The normalized spacial score (nSPS) is 26.1. The third kappa shape index (κ3) is 5.38. The summed E-state index contributed by atoms with van der Waals surface area (Å²) in [4.78, 5) is 9.04. The van der Waals surface area contributed by atoms with Crippen molar-refractivity contribution < 1.29 is 0 Å². The van der Waals surface area contributed by atoms with Gasteiger partial charge in [0.25, 0.3) is 0 Å². The third-order valence-electron chi connectivity index (χ3n) is 5.28. The lowest BCUT2D eigenvalue weighted by Crippen LogP contribution is -2.43. The van der Waals surface area contributed by atoms with E-state index in [1.807, 2.05) is 23.1 Å². The number of hydrogen-bond acceptors (Lipinski definition) is 4. The van der Waals surface area contributed by atoms with Crippen molar-refractivity contribution in [2.45, 2.75) is 56.4 Å². The maximum absolute atomic E-state index is 4.98. The van der Waals surface area contributed by atoms with Crippen LogP contribution in [0.4, 0.5) is 0 Å². The van der Waals surface area contributed by atoms with Gasteiger partial charge >= 0.3 is 0 Å². The van der Waals surface area contributed by atoms with Gasteiger partial charge < -0.3 is 10.6 Å². The zero-order valence-electron chi connectivity index (χ0n) is 15.5. The lowest BCUT2D eigenvalue weighted by Gasteiger charge is -2.26. The van der Waals surface area contributed by atoms with E-state index in [0.29, 0.717) is 12.1 Å². The maximum atomic E-state index is 4.98. The zero-order chi connectivity index (χ0) is 17.5. The molecular weight excluding hydrogens is 348 g/mol. The molecule has 3 atom stereocenters. The highest BCUT2D eigenvalue weighted by atomic mass is 32.2. The molecule has 0 aromatic carbocycles. The predicted molar refractivity (Wildman–Crippen MR) is 112 cm³/mol. The highest BCUT2D eigenvalue weighted by Crippen LogP contribution is 2.29. The summed E-state index contributed by atoms with van der Waals surface area (Å²) in [6.07, 6.45) is 8.71. The van der Waals surface area contributed by atoms with Gasteiger partial charge in [-0.2, -0.15) is 11.8 Å². The first-order valence-electron chi connectivity index (χ1n) is 9.65. The molecule has 25 heavy (non-hydrogen) atoms. The Morgan fingerprint density at radius 2 is 2.24 bits per heavy atom. The summed E-state index contributed by atoms with van der Waals surface area (Å²) in [5.41, 5.74) is 0. The fourth-order valence-electron chi connectivity index (χ4n) is 3.90. The van der Waals surface area contributed by atoms with Gasteiger partial charge in [0.1, 0.15) is 0 Å². The van der Waals surface area contributed by atoms with Crippen molar-refractivity contribution >= 4 is 29.1 Å². The Balaban J connectivity index is 1.63. The Bertz CT molecular complexity index is 526. The second-order valence-electron chi connectivity index (χ2n) is 7.01. The van der Waals surface area contributed by atoms with Crippen molar-refractivity contribution in [2.75, 3.05) is 32.4 Å². The van der Waals surface area contributed by atoms with Gasteiger partial charge in [0.05, 0.1) is 12.6 Å². The van der Waals surface area contributed by atoms with E-state index in [0.717, 1.165) is 24.3 Å². The molecule has 6 heteroatoms. The Hall–Kier alpha value is -0.720. The molecule has 3 rings (SSSR count). The Kier molecular flexibility index (Phi) is 7.49. The first-order chi connectivity index (χ1) is 12.3. The van der Waals surface area contributed by atoms with Crippen LogP contribution in [0.5, 0.6) is 0 Å². The van der Waals surface area contributed by atoms with E-state index in [9.17, 15) is 0 Å². The van der Waals surface area contributed by atoms with E-state index < -0.39 is 0 Å². The average Bonchev–Trinajstić information content (AvgIpc) is 3.38. The van der Waals surface area contributed by atoms with Crippen LogP contribution >= 0.6 is 23.1 Å². The summed E-state index contributed by atoms with van der Waals surface area (Å²) in [6, 6.07) is 5.43. The van der Waals surface area contributed by atoms with Gasteiger partial charge in [0.15, 0.2) is 5.96 Å². The second-order valence-corrected chi connectivity index (χ2v) is 9.12. The van der Waals surface area contributed by atoms with Crippen LogP contribution in [0, 0.1) is 0 Å². The molecule has 4 nitrogen and oxygen atoms in total. The number of thioether (sulfide) groups is 1. The second kappa shape index (κ2) is 9.83. The minimum absolute atomic E-state index is 0.431. The Labute approximate surface area is 160 Å². The van der Waals surface area contributed by atoms with Crippen molar-refractivity contribution in [1.29, 1.82) is 0 Å². The molecule has 3 unspecified atom stereocenters. The van der Waals surface area contributed by atoms with Crippen molar-refractivity contribution in [2.24, 2.45) is 4.99 Å². The number of aliphatic imine (C=N–C) groups is 1. The first-order valence-corrected chi connectivity index (χ1v) is 11.8. The lowest BCUT2D eigenvalue weighted by molar-refractivity contribution is 0.255. The van der Waals surface area contributed by atoms with Gasteiger partial charge in [-0.1, -0.05) is 6.07 Å². The maximum Gasteiger partial charge on any atom is 0.191 e. The molecule has 1 aliphatic heterocycles. The monoisotopic (exact) mass is 380 g/mol. The quantitative estimate of drug-likeness (QED) is 0.559. The van der Waals surface area contributed by atoms with E-state index in [-0.39, 0.29) is 0 Å². The zero-order valence-corrected chi connectivity index (χ0v) is 17.2. The Morgan fingerprint density at radius 1 is 1.40 bits per heavy atom. The van der Waals surface area contributed by atoms with Crippen molar-refractivity contribution in [3.8, 4) is 0 Å². The molecule has 1 saturated heterocycles. The molecule has 0 radical (unpaired) electrons. The number of guanidine groups is 1. The Morgan fingerprint density at radius 3 is 2.88 bits per heavy atom. The van der Waals surface area contributed by atoms with Gasteiger partial charge in [-0.05, 0) is 69.8 Å². The summed E-state index contributed by atoms with van der Waals surface area (Å²) >= 11 is 3.87. The largest absolute Gasteiger partial charge is 0.357 e. The number of thiophene rings is 1. The van der Waals surface area contributed by atoms with Crippen molar-refractivity contribution in [3.05, 3.63) is 22.4 Å². The molecule has 140 valence electrons. The minimum atomic E-state index is 0.431. The average molecular weight is 381 g/mol. The van der Waals surface area contributed by atoms with Crippen LogP contribution in [-0.2, 0) is 0 Å². The molecule has 1 saturated carbocycles. The predicted octanol–water partition coefficient (Wildman–Crippen LogP) is 3.72. The topological polar surface area (TPSA) is 39.7 Å². The molecule has 1 aromatic rings. The van der Waals surface area contributed by atoms with E-state index in [1.165, 1.54) is 50.1 Å². The smallest absolute Gasteiger partial charge is 0.191 e. The SMILES string of the molecule is CCNC(=NCC(c1cccs1)N1CCCC1)NC1CCC(SC)C1. The number of nitrogens with one attached hydrogen (secondary N) is 2. The number of likely N-dealkylation sites (tertiary alicyclic amines) is 1. The number of rotatable bonds is 7. The van der Waals surface area contributed by atoms with Gasteiger partial charge in [0.2, 0.25) is 0 Å². The highest BCUT2D eigenvalue weighted by molar-refractivity contribution is 7.99. The van der Waals surface area contributed by atoms with Crippen LogP contribution < -0.4 is 10.6 Å². The molecule has 1 aromatic heterocycles. The summed E-state index contributed by atoms with van der Waals surface area (Å²) in [6.45, 7) is 6.32. The molecular formula is C19H32N4S2. The summed E-state index contributed by atoms with van der Waals surface area (Å²) in [7, 11) is 0. The van der Waals surface area contributed by atoms with Gasteiger partial charge in [-0.15, -0.1) is 11.3 Å². The molecule has 0 bridgehead atoms.